The van der Waals surface area contributed by atoms with E-state index in [0.717, 1.165) is 0 Å². The normalized spacial score (nSPS) is 11.3. The highest BCUT2D eigenvalue weighted by molar-refractivity contribution is 5.91. The lowest BCUT2D eigenvalue weighted by Crippen LogP contribution is -1.71. The smallest absolute Gasteiger partial charge is 0.143 e. The first kappa shape index (κ1) is 10.5. The Labute approximate surface area is 102 Å². The number of azo groups is 1. The predicted octanol–water partition coefficient (Wildman–Crippen LogP) is 3.95. The van der Waals surface area contributed by atoms with Crippen LogP contribution in [0.3, 0.4) is 0 Å². The first-order chi connectivity index (χ1) is 8.84. The van der Waals surface area contributed by atoms with Gasteiger partial charge in [-0.05, 0) is 24.3 Å². The molecule has 3 rings (SSSR count). The van der Waals surface area contributed by atoms with Gasteiger partial charge in [0.15, 0.2) is 0 Å². The van der Waals surface area contributed by atoms with E-state index in [9.17, 15) is 5.11 Å². The van der Waals surface area contributed by atoms with E-state index in [-0.39, 0.29) is 5.75 Å². The molecule has 0 aliphatic rings. The largest absolute Gasteiger partial charge is 0.506 e. The van der Waals surface area contributed by atoms with Crippen molar-refractivity contribution in [1.82, 2.24) is 5.16 Å². The number of aromatic hydroxyl groups is 1. The molecule has 1 aromatic heterocycles. The fraction of sp³-hybridized carbons (Fsp3) is 0. The van der Waals surface area contributed by atoms with Crippen molar-refractivity contribution in [2.24, 2.45) is 10.2 Å². The van der Waals surface area contributed by atoms with Crippen LogP contribution in [0.2, 0.25) is 0 Å². The molecule has 5 nitrogen and oxygen atoms in total. The van der Waals surface area contributed by atoms with Crippen LogP contribution in [0, 0.1) is 0 Å². The summed E-state index contributed by atoms with van der Waals surface area (Å²) in [4.78, 5) is 0. The van der Waals surface area contributed by atoms with Gasteiger partial charge in [0.1, 0.15) is 23.2 Å². The van der Waals surface area contributed by atoms with E-state index in [0.29, 0.717) is 22.3 Å². The van der Waals surface area contributed by atoms with E-state index in [4.69, 9.17) is 4.52 Å². The van der Waals surface area contributed by atoms with Gasteiger partial charge in [-0.15, -0.1) is 5.11 Å². The lowest BCUT2D eigenvalue weighted by atomic mass is 10.2. The van der Waals surface area contributed by atoms with Gasteiger partial charge in [0.05, 0.1) is 11.1 Å². The molecule has 1 N–H and O–H groups in total. The lowest BCUT2D eigenvalue weighted by Gasteiger charge is -1.97. The highest BCUT2D eigenvalue weighted by atomic mass is 16.5. The van der Waals surface area contributed by atoms with Gasteiger partial charge < -0.3 is 9.63 Å². The topological polar surface area (TPSA) is 71.0 Å². The van der Waals surface area contributed by atoms with E-state index >= 15 is 0 Å². The summed E-state index contributed by atoms with van der Waals surface area (Å²) in [6, 6.07) is 12.5. The SMILES string of the molecule is Oc1ccc2nocc2c1N=Nc1ccccc1. The molecule has 0 fully saturated rings. The zero-order valence-electron chi connectivity index (χ0n) is 9.32. The van der Waals surface area contributed by atoms with E-state index in [1.165, 1.54) is 12.3 Å². The third kappa shape index (κ3) is 1.82. The van der Waals surface area contributed by atoms with Crippen molar-refractivity contribution in [2.75, 3.05) is 0 Å². The molecule has 3 aromatic rings. The van der Waals surface area contributed by atoms with Crippen LogP contribution in [-0.4, -0.2) is 10.3 Å². The summed E-state index contributed by atoms with van der Waals surface area (Å²) in [5.74, 6) is 0.0466. The molecule has 0 bridgehead atoms. The number of aromatic nitrogens is 1. The minimum absolute atomic E-state index is 0.0466. The monoisotopic (exact) mass is 239 g/mol. The molecule has 88 valence electrons. The Hall–Kier alpha value is -2.69. The van der Waals surface area contributed by atoms with Crippen LogP contribution in [0.1, 0.15) is 0 Å². The molecule has 5 heteroatoms. The Balaban J connectivity index is 2.07. The van der Waals surface area contributed by atoms with Gasteiger partial charge in [-0.1, -0.05) is 23.4 Å². The average Bonchev–Trinajstić information content (AvgIpc) is 2.87. The number of hydrogen-bond donors (Lipinski definition) is 1. The quantitative estimate of drug-likeness (QED) is 0.688. The Bertz CT molecular complexity index is 705. The van der Waals surface area contributed by atoms with Gasteiger partial charge in [-0.3, -0.25) is 0 Å². The van der Waals surface area contributed by atoms with Gasteiger partial charge in [-0.25, -0.2) is 0 Å². The van der Waals surface area contributed by atoms with Crippen molar-refractivity contribution in [1.29, 1.82) is 0 Å². The Morgan fingerprint density at radius 1 is 1.00 bits per heavy atom. The summed E-state index contributed by atoms with van der Waals surface area (Å²) in [5, 5.41) is 22.3. The third-order valence-electron chi connectivity index (χ3n) is 2.52. The molecule has 0 saturated carbocycles. The van der Waals surface area contributed by atoms with Crippen LogP contribution in [0.15, 0.2) is 63.5 Å². The summed E-state index contributed by atoms with van der Waals surface area (Å²) < 4.78 is 4.85. The molecule has 0 aliphatic heterocycles. The molecule has 0 saturated heterocycles. The average molecular weight is 239 g/mol. The minimum Gasteiger partial charge on any atom is -0.506 e. The van der Waals surface area contributed by atoms with Crippen molar-refractivity contribution < 1.29 is 9.63 Å². The molecular weight excluding hydrogens is 230 g/mol. The highest BCUT2D eigenvalue weighted by Crippen LogP contribution is 2.35. The molecule has 0 atom stereocenters. The van der Waals surface area contributed by atoms with E-state index in [1.807, 2.05) is 30.3 Å². The number of benzene rings is 2. The van der Waals surface area contributed by atoms with Crippen LogP contribution in [0.4, 0.5) is 11.4 Å². The highest BCUT2D eigenvalue weighted by Gasteiger charge is 2.09. The number of rotatable bonds is 2. The van der Waals surface area contributed by atoms with Crippen LogP contribution in [0.25, 0.3) is 10.9 Å². The Morgan fingerprint density at radius 3 is 2.67 bits per heavy atom. The van der Waals surface area contributed by atoms with E-state index in [2.05, 4.69) is 15.4 Å². The van der Waals surface area contributed by atoms with E-state index in [1.54, 1.807) is 6.07 Å². The van der Waals surface area contributed by atoms with Crippen LogP contribution in [-0.2, 0) is 0 Å². The van der Waals surface area contributed by atoms with Crippen LogP contribution in [0.5, 0.6) is 5.75 Å². The first-order valence-corrected chi connectivity index (χ1v) is 5.37. The van der Waals surface area contributed by atoms with Gasteiger partial charge in [0.2, 0.25) is 0 Å². The molecule has 0 aliphatic carbocycles. The molecule has 1 heterocycles. The predicted molar refractivity (Wildman–Crippen MR) is 66.3 cm³/mol. The van der Waals surface area contributed by atoms with Crippen molar-refractivity contribution >= 4 is 22.3 Å². The van der Waals surface area contributed by atoms with Gasteiger partial charge >= 0.3 is 0 Å². The van der Waals surface area contributed by atoms with Crippen molar-refractivity contribution in [3.8, 4) is 5.75 Å². The third-order valence-corrected chi connectivity index (χ3v) is 2.52. The van der Waals surface area contributed by atoms with Gasteiger partial charge in [0.25, 0.3) is 0 Å². The Morgan fingerprint density at radius 2 is 1.83 bits per heavy atom. The minimum atomic E-state index is 0.0466. The summed E-state index contributed by atoms with van der Waals surface area (Å²) in [5.41, 5.74) is 1.71. The maximum absolute atomic E-state index is 9.78. The summed E-state index contributed by atoms with van der Waals surface area (Å²) in [6.45, 7) is 0. The standard InChI is InChI=1S/C13H9N3O2/c17-12-7-6-11-10(8-18-16-11)13(12)15-14-9-4-2-1-3-5-9/h1-8,17H. The zero-order chi connectivity index (χ0) is 12.4. The number of hydrogen-bond acceptors (Lipinski definition) is 5. The van der Waals surface area contributed by atoms with Crippen LogP contribution < -0.4 is 0 Å². The molecule has 0 radical (unpaired) electrons. The maximum atomic E-state index is 9.78. The van der Waals surface area contributed by atoms with Crippen LogP contribution >= 0.6 is 0 Å². The van der Waals surface area contributed by atoms with Gasteiger partial charge in [0, 0.05) is 0 Å². The summed E-state index contributed by atoms with van der Waals surface area (Å²) in [7, 11) is 0. The first-order valence-electron chi connectivity index (χ1n) is 5.37. The number of phenolic OH excluding ortho intramolecular Hbond substituents is 1. The fourth-order valence-corrected chi connectivity index (χ4v) is 1.62. The number of phenols is 1. The molecule has 0 unspecified atom stereocenters. The molecule has 2 aromatic carbocycles. The maximum Gasteiger partial charge on any atom is 0.143 e. The summed E-state index contributed by atoms with van der Waals surface area (Å²) >= 11 is 0. The second-order valence-electron chi connectivity index (χ2n) is 3.72. The van der Waals surface area contributed by atoms with E-state index < -0.39 is 0 Å². The second kappa shape index (κ2) is 4.29. The van der Waals surface area contributed by atoms with Crippen molar-refractivity contribution in [2.45, 2.75) is 0 Å². The Kier molecular flexibility index (Phi) is 2.49. The molecule has 18 heavy (non-hydrogen) atoms. The molecule has 0 spiro atoms. The van der Waals surface area contributed by atoms with Crippen molar-refractivity contribution in [3.05, 3.63) is 48.7 Å². The van der Waals surface area contributed by atoms with Gasteiger partial charge in [-0.2, -0.15) is 5.11 Å². The molecular formula is C13H9N3O2. The zero-order valence-corrected chi connectivity index (χ0v) is 9.32. The second-order valence-corrected chi connectivity index (χ2v) is 3.72. The fourth-order valence-electron chi connectivity index (χ4n) is 1.62. The number of fused-ring (bicyclic) bond motifs is 1. The van der Waals surface area contributed by atoms with Crippen molar-refractivity contribution in [3.63, 3.8) is 0 Å². The number of nitrogens with zero attached hydrogens (tertiary/aromatic N) is 3. The molecule has 0 amide bonds. The summed E-state index contributed by atoms with van der Waals surface area (Å²) in [6.07, 6.45) is 1.44. The lowest BCUT2D eigenvalue weighted by molar-refractivity contribution is 0.428.